The maximum Gasteiger partial charge on any atom is 0.318 e. The Morgan fingerprint density at radius 2 is 2.02 bits per heavy atom. The molecule has 1 saturated carbocycles. The zero-order valence-corrected chi connectivity index (χ0v) is 25.4. The number of nitrogens with one attached hydrogen (secondary N) is 1. The molecule has 0 bridgehead atoms. The molecule has 7 rings (SSSR count). The van der Waals surface area contributed by atoms with E-state index in [9.17, 15) is 9.65 Å². The highest BCUT2D eigenvalue weighted by Gasteiger charge is 2.46. The van der Waals surface area contributed by atoms with E-state index in [1.54, 1.807) is 6.07 Å². The summed E-state index contributed by atoms with van der Waals surface area (Å²) in [6.45, 7) is 10.9. The van der Waals surface area contributed by atoms with Crippen molar-refractivity contribution < 1.29 is 9.13 Å². The van der Waals surface area contributed by atoms with Gasteiger partial charge in [-0.05, 0) is 75.6 Å². The van der Waals surface area contributed by atoms with Gasteiger partial charge in [0.15, 0.2) is 0 Å². The second-order valence-electron chi connectivity index (χ2n) is 13.2. The van der Waals surface area contributed by atoms with Crippen LogP contribution in [-0.2, 0) is 13.0 Å². The van der Waals surface area contributed by atoms with Crippen molar-refractivity contribution >= 4 is 22.3 Å². The van der Waals surface area contributed by atoms with E-state index >= 15 is 0 Å². The molecule has 9 heteroatoms. The van der Waals surface area contributed by atoms with Crippen LogP contribution in [0.2, 0.25) is 0 Å². The van der Waals surface area contributed by atoms with Crippen LogP contribution < -0.4 is 19.9 Å². The quantitative estimate of drug-likeness (QED) is 0.398. The van der Waals surface area contributed by atoms with Crippen molar-refractivity contribution in [3.8, 4) is 12.1 Å². The van der Waals surface area contributed by atoms with Crippen molar-refractivity contribution in [2.75, 3.05) is 55.7 Å². The third-order valence-electron chi connectivity index (χ3n) is 10.2. The normalized spacial score (nSPS) is 23.3. The van der Waals surface area contributed by atoms with Crippen LogP contribution in [0.5, 0.6) is 6.01 Å². The largest absolute Gasteiger partial charge is 0.463 e. The molecule has 0 spiro atoms. The first-order valence-corrected chi connectivity index (χ1v) is 16.0. The second-order valence-corrected chi connectivity index (χ2v) is 13.2. The predicted octanol–water partition coefficient (Wildman–Crippen LogP) is 4.98. The van der Waals surface area contributed by atoms with Crippen molar-refractivity contribution in [2.45, 2.75) is 71.0 Å². The molecule has 43 heavy (non-hydrogen) atoms. The average Bonchev–Trinajstić information content (AvgIpc) is 3.68. The minimum Gasteiger partial charge on any atom is -0.463 e. The average molecular weight is 584 g/mol. The third-order valence-corrected chi connectivity index (χ3v) is 10.2. The molecule has 0 radical (unpaired) electrons. The molecule has 2 atom stereocenters. The van der Waals surface area contributed by atoms with Gasteiger partial charge in [-0.1, -0.05) is 18.2 Å². The van der Waals surface area contributed by atoms with Gasteiger partial charge in [-0.25, -0.2) is 4.39 Å². The van der Waals surface area contributed by atoms with Gasteiger partial charge in [0.1, 0.15) is 11.6 Å². The lowest BCUT2D eigenvalue weighted by molar-refractivity contribution is 0.150. The van der Waals surface area contributed by atoms with E-state index < -0.39 is 0 Å². The maximum absolute atomic E-state index is 14.7. The second kappa shape index (κ2) is 11.5. The van der Waals surface area contributed by atoms with E-state index in [0.717, 1.165) is 72.7 Å². The molecule has 1 N–H and O–H groups in total. The van der Waals surface area contributed by atoms with Gasteiger partial charge in [0.25, 0.3) is 0 Å². The van der Waals surface area contributed by atoms with Crippen molar-refractivity contribution in [3.63, 3.8) is 0 Å². The summed E-state index contributed by atoms with van der Waals surface area (Å²) in [5, 5.41) is 14.8. The number of aromatic nitrogens is 2. The fourth-order valence-electron chi connectivity index (χ4n) is 7.36. The number of piperazine rings is 1. The van der Waals surface area contributed by atoms with Gasteiger partial charge in [-0.2, -0.15) is 15.2 Å². The minimum atomic E-state index is -0.180. The van der Waals surface area contributed by atoms with Crippen LogP contribution in [-0.4, -0.2) is 72.8 Å². The standard InChI is InChI=1S/C34H42FN7O/c1-23-5-4-16-42(23)21-34(12-13-34)22-43-33-38-29-20-40(30-7-3-6-25-8-9-28(35)24(2)31(25)30)17-11-27(29)32(39-33)41-18-15-37-26(19-41)10-14-36/h3,6-9,23,26,37H,4-5,10-13,15-22H2,1-2H3/t23-,26-/m0/s1. The summed E-state index contributed by atoms with van der Waals surface area (Å²) in [6.07, 6.45) is 6.20. The summed E-state index contributed by atoms with van der Waals surface area (Å²) in [5.74, 6) is 0.767. The zero-order valence-electron chi connectivity index (χ0n) is 25.4. The number of nitriles is 1. The molecule has 3 fully saturated rings. The first-order valence-electron chi connectivity index (χ1n) is 16.0. The Labute approximate surface area is 253 Å². The third kappa shape index (κ3) is 5.63. The summed E-state index contributed by atoms with van der Waals surface area (Å²) in [6, 6.07) is 13.2. The Morgan fingerprint density at radius 1 is 1.14 bits per heavy atom. The van der Waals surface area contributed by atoms with Gasteiger partial charge in [-0.3, -0.25) is 4.90 Å². The highest BCUT2D eigenvalue weighted by atomic mass is 19.1. The van der Waals surface area contributed by atoms with Crippen LogP contribution in [0.3, 0.4) is 0 Å². The molecular formula is C34H42FN7O. The van der Waals surface area contributed by atoms with Gasteiger partial charge in [0.05, 0.1) is 31.3 Å². The molecule has 2 aromatic carbocycles. The van der Waals surface area contributed by atoms with Crippen molar-refractivity contribution in [1.29, 1.82) is 5.26 Å². The first kappa shape index (κ1) is 28.3. The Balaban J connectivity index is 1.19. The molecule has 4 heterocycles. The number of benzene rings is 2. The lowest BCUT2D eigenvalue weighted by Crippen LogP contribution is -2.51. The van der Waals surface area contributed by atoms with E-state index in [0.29, 0.717) is 37.2 Å². The molecule has 2 saturated heterocycles. The minimum absolute atomic E-state index is 0.111. The van der Waals surface area contributed by atoms with Crippen molar-refractivity contribution in [1.82, 2.24) is 20.2 Å². The number of hydrogen-bond donors (Lipinski definition) is 1. The number of anilines is 2. The summed E-state index contributed by atoms with van der Waals surface area (Å²) in [5.41, 5.74) is 4.05. The molecule has 1 aliphatic carbocycles. The van der Waals surface area contributed by atoms with Crippen LogP contribution in [0, 0.1) is 29.5 Å². The number of fused-ring (bicyclic) bond motifs is 2. The fraction of sp³-hybridized carbons (Fsp3) is 0.559. The van der Waals surface area contributed by atoms with E-state index in [1.165, 1.54) is 32.2 Å². The Morgan fingerprint density at radius 3 is 2.81 bits per heavy atom. The molecule has 0 unspecified atom stereocenters. The van der Waals surface area contributed by atoms with Crippen LogP contribution >= 0.6 is 0 Å². The van der Waals surface area contributed by atoms with Gasteiger partial charge >= 0.3 is 6.01 Å². The van der Waals surface area contributed by atoms with Gasteiger partial charge in [0.2, 0.25) is 0 Å². The fourth-order valence-corrected chi connectivity index (χ4v) is 7.36. The van der Waals surface area contributed by atoms with Crippen LogP contribution in [0.1, 0.15) is 55.8 Å². The number of nitrogens with zero attached hydrogens (tertiary/aromatic N) is 6. The van der Waals surface area contributed by atoms with E-state index in [2.05, 4.69) is 45.1 Å². The highest BCUT2D eigenvalue weighted by Crippen LogP contribution is 2.47. The zero-order chi connectivity index (χ0) is 29.6. The number of hydrogen-bond acceptors (Lipinski definition) is 8. The lowest BCUT2D eigenvalue weighted by Gasteiger charge is -2.37. The Kier molecular flexibility index (Phi) is 7.60. The number of ether oxygens (including phenoxy) is 1. The maximum atomic E-state index is 14.7. The Hall–Kier alpha value is -3.48. The van der Waals surface area contributed by atoms with Crippen LogP contribution in [0.15, 0.2) is 30.3 Å². The highest BCUT2D eigenvalue weighted by molar-refractivity contribution is 5.97. The van der Waals surface area contributed by atoms with E-state index in [-0.39, 0.29) is 17.3 Å². The van der Waals surface area contributed by atoms with Crippen molar-refractivity contribution in [2.24, 2.45) is 5.41 Å². The molecule has 0 amide bonds. The molecule has 4 aliphatic rings. The van der Waals surface area contributed by atoms with Crippen LogP contribution in [0.25, 0.3) is 10.8 Å². The number of halogens is 1. The molecular weight excluding hydrogens is 541 g/mol. The summed E-state index contributed by atoms with van der Waals surface area (Å²) in [4.78, 5) is 17.4. The van der Waals surface area contributed by atoms with Crippen molar-refractivity contribution in [3.05, 3.63) is 53.0 Å². The van der Waals surface area contributed by atoms with Gasteiger partial charge < -0.3 is 19.9 Å². The van der Waals surface area contributed by atoms with Gasteiger partial charge in [0, 0.05) is 66.9 Å². The number of aryl methyl sites for hydroxylation is 1. The summed E-state index contributed by atoms with van der Waals surface area (Å²) in [7, 11) is 0. The monoisotopic (exact) mass is 583 g/mol. The van der Waals surface area contributed by atoms with E-state index in [4.69, 9.17) is 14.7 Å². The first-order chi connectivity index (χ1) is 20.9. The predicted molar refractivity (Wildman–Crippen MR) is 167 cm³/mol. The van der Waals surface area contributed by atoms with E-state index in [1.807, 2.05) is 19.1 Å². The molecule has 226 valence electrons. The molecule has 8 nitrogen and oxygen atoms in total. The van der Waals surface area contributed by atoms with Crippen LogP contribution in [0.4, 0.5) is 15.9 Å². The summed E-state index contributed by atoms with van der Waals surface area (Å²) < 4.78 is 21.2. The lowest BCUT2D eigenvalue weighted by atomic mass is 9.99. The molecule has 3 aromatic rings. The molecule has 1 aromatic heterocycles. The smallest absolute Gasteiger partial charge is 0.318 e. The number of likely N-dealkylation sites (tertiary alicyclic amines) is 1. The number of rotatable bonds is 8. The van der Waals surface area contributed by atoms with Gasteiger partial charge in [-0.15, -0.1) is 0 Å². The SMILES string of the molecule is Cc1c(F)ccc2cccc(N3CCc4c(nc(OCC5(CN6CCC[C@@H]6C)CC5)nc4N4CCN[C@@H](CC#N)C4)C3)c12. The Bertz CT molecular complexity index is 1550. The summed E-state index contributed by atoms with van der Waals surface area (Å²) >= 11 is 0. The topological polar surface area (TPSA) is 80.6 Å². The molecule has 3 aliphatic heterocycles.